The Morgan fingerprint density at radius 1 is 1.23 bits per heavy atom. The Kier molecular flexibility index (Phi) is 6.74. The molecule has 3 aromatic rings. The van der Waals surface area contributed by atoms with E-state index in [0.29, 0.717) is 29.4 Å². The third-order valence-corrected chi connectivity index (χ3v) is 6.55. The van der Waals surface area contributed by atoms with Crippen molar-refractivity contribution in [1.82, 2.24) is 4.98 Å². The molecule has 0 bridgehead atoms. The Hall–Kier alpha value is -3.92. The molecule has 0 spiro atoms. The van der Waals surface area contributed by atoms with Gasteiger partial charge in [0.15, 0.2) is 5.13 Å². The Labute approximate surface area is 205 Å². The zero-order chi connectivity index (χ0) is 25.3. The minimum atomic E-state index is -1.08. The van der Waals surface area contributed by atoms with Gasteiger partial charge in [-0.05, 0) is 44.5 Å². The van der Waals surface area contributed by atoms with Crippen LogP contribution in [0.5, 0.6) is 5.75 Å². The number of benzene rings is 1. The first kappa shape index (κ1) is 24.2. The standard InChI is InChI=1S/C25H24N2O7S/c1-5-11-33-16-8-6-7-15(12-16)20(28)18-19(17-10-9-13(2)34-17)27(23(30)21(18)29)25-26-14(3)22(35-25)24(31)32-4/h6-10,12,19,28H,5,11H2,1-4H3/b20-18+. The fourth-order valence-corrected chi connectivity index (χ4v) is 4.79. The lowest BCUT2D eigenvalue weighted by Gasteiger charge is -2.20. The molecule has 4 rings (SSSR count). The van der Waals surface area contributed by atoms with E-state index in [9.17, 15) is 19.5 Å². The number of rotatable bonds is 7. The summed E-state index contributed by atoms with van der Waals surface area (Å²) in [5.41, 5.74) is 0.522. The highest BCUT2D eigenvalue weighted by Gasteiger charge is 2.50. The monoisotopic (exact) mass is 496 g/mol. The molecule has 1 aromatic carbocycles. The molecule has 10 heteroatoms. The number of methoxy groups -OCH3 is 1. The summed E-state index contributed by atoms with van der Waals surface area (Å²) in [7, 11) is 1.25. The fraction of sp³-hybridized carbons (Fsp3) is 0.280. The van der Waals surface area contributed by atoms with E-state index in [2.05, 4.69) is 4.98 Å². The zero-order valence-corrected chi connectivity index (χ0v) is 20.5. The van der Waals surface area contributed by atoms with Gasteiger partial charge in [-0.2, -0.15) is 0 Å². The number of hydrogen-bond acceptors (Lipinski definition) is 9. The molecule has 0 radical (unpaired) electrons. The number of thiazole rings is 1. The van der Waals surface area contributed by atoms with Gasteiger partial charge < -0.3 is 19.0 Å². The number of esters is 1. The molecule has 182 valence electrons. The minimum absolute atomic E-state index is 0.114. The number of aliphatic hydroxyl groups excluding tert-OH is 1. The quantitative estimate of drug-likeness (QED) is 0.219. The summed E-state index contributed by atoms with van der Waals surface area (Å²) in [6.45, 7) is 5.80. The van der Waals surface area contributed by atoms with Crippen LogP contribution in [0, 0.1) is 13.8 Å². The van der Waals surface area contributed by atoms with Crippen molar-refractivity contribution >= 4 is 39.9 Å². The number of carbonyl (C=O) groups is 3. The van der Waals surface area contributed by atoms with Crippen molar-refractivity contribution in [3.63, 3.8) is 0 Å². The second-order valence-electron chi connectivity index (χ2n) is 7.90. The highest BCUT2D eigenvalue weighted by atomic mass is 32.1. The van der Waals surface area contributed by atoms with E-state index in [-0.39, 0.29) is 27.1 Å². The van der Waals surface area contributed by atoms with Crippen molar-refractivity contribution in [3.8, 4) is 5.75 Å². The molecule has 1 amide bonds. The first-order chi connectivity index (χ1) is 16.8. The fourth-order valence-electron chi connectivity index (χ4n) is 3.78. The third-order valence-electron chi connectivity index (χ3n) is 5.42. The number of aliphatic hydroxyl groups is 1. The van der Waals surface area contributed by atoms with Gasteiger partial charge in [0.05, 0.1) is 25.0 Å². The number of ether oxygens (including phenoxy) is 2. The molecular formula is C25H24N2O7S. The van der Waals surface area contributed by atoms with Crippen molar-refractivity contribution in [2.45, 2.75) is 33.2 Å². The lowest BCUT2D eigenvalue weighted by Crippen LogP contribution is -2.29. The van der Waals surface area contributed by atoms with Crippen molar-refractivity contribution < 1.29 is 33.4 Å². The first-order valence-corrected chi connectivity index (χ1v) is 11.7. The van der Waals surface area contributed by atoms with Gasteiger partial charge >= 0.3 is 11.9 Å². The molecule has 2 aromatic heterocycles. The van der Waals surface area contributed by atoms with Crippen LogP contribution >= 0.6 is 11.3 Å². The van der Waals surface area contributed by atoms with E-state index in [1.807, 2.05) is 6.92 Å². The summed E-state index contributed by atoms with van der Waals surface area (Å²) in [6.07, 6.45) is 0.806. The molecule has 3 heterocycles. The van der Waals surface area contributed by atoms with Crippen molar-refractivity contribution in [2.75, 3.05) is 18.6 Å². The van der Waals surface area contributed by atoms with Crippen LogP contribution in [-0.2, 0) is 14.3 Å². The van der Waals surface area contributed by atoms with Crippen LogP contribution in [0.1, 0.15) is 51.8 Å². The van der Waals surface area contributed by atoms with Gasteiger partial charge in [-0.3, -0.25) is 14.5 Å². The second-order valence-corrected chi connectivity index (χ2v) is 8.87. The number of hydrogen-bond donors (Lipinski definition) is 1. The van der Waals surface area contributed by atoms with Crippen LogP contribution in [0.4, 0.5) is 5.13 Å². The highest BCUT2D eigenvalue weighted by Crippen LogP contribution is 2.44. The number of anilines is 1. The van der Waals surface area contributed by atoms with Gasteiger partial charge in [-0.25, -0.2) is 9.78 Å². The molecular weight excluding hydrogens is 472 g/mol. The van der Waals surface area contributed by atoms with E-state index in [0.717, 1.165) is 22.7 Å². The molecule has 1 saturated heterocycles. The third kappa shape index (κ3) is 4.44. The molecule has 1 N–H and O–H groups in total. The van der Waals surface area contributed by atoms with Crippen LogP contribution in [0.2, 0.25) is 0 Å². The summed E-state index contributed by atoms with van der Waals surface area (Å²) in [5.74, 6) is -1.40. The lowest BCUT2D eigenvalue weighted by atomic mass is 9.99. The predicted molar refractivity (Wildman–Crippen MR) is 129 cm³/mol. The SMILES string of the molecule is CCCOc1cccc(/C(O)=C2\C(=O)C(=O)N(c3nc(C)c(C(=O)OC)s3)C2c2ccc(C)o2)c1. The predicted octanol–water partition coefficient (Wildman–Crippen LogP) is 4.55. The lowest BCUT2D eigenvalue weighted by molar-refractivity contribution is -0.132. The zero-order valence-electron chi connectivity index (χ0n) is 19.7. The van der Waals surface area contributed by atoms with Crippen LogP contribution in [0.25, 0.3) is 5.76 Å². The molecule has 35 heavy (non-hydrogen) atoms. The van der Waals surface area contributed by atoms with Crippen LogP contribution in [0.3, 0.4) is 0 Å². The van der Waals surface area contributed by atoms with Gasteiger partial charge in [0, 0.05) is 5.56 Å². The summed E-state index contributed by atoms with van der Waals surface area (Å²) in [6, 6.07) is 8.90. The maximum atomic E-state index is 13.2. The summed E-state index contributed by atoms with van der Waals surface area (Å²) in [5, 5.41) is 11.4. The van der Waals surface area contributed by atoms with Crippen LogP contribution < -0.4 is 9.64 Å². The number of aromatic nitrogens is 1. The van der Waals surface area contributed by atoms with E-state index < -0.39 is 23.7 Å². The van der Waals surface area contributed by atoms with Gasteiger partial charge in [0.1, 0.15) is 33.9 Å². The van der Waals surface area contributed by atoms with Crippen LogP contribution in [-0.4, -0.2) is 41.5 Å². The Morgan fingerprint density at radius 2 is 2.00 bits per heavy atom. The maximum Gasteiger partial charge on any atom is 0.350 e. The van der Waals surface area contributed by atoms with Gasteiger partial charge in [-0.1, -0.05) is 30.4 Å². The second kappa shape index (κ2) is 9.75. The average molecular weight is 497 g/mol. The topological polar surface area (TPSA) is 119 Å². The molecule has 9 nitrogen and oxygen atoms in total. The van der Waals surface area contributed by atoms with E-state index >= 15 is 0 Å². The first-order valence-electron chi connectivity index (χ1n) is 10.9. The molecule has 1 unspecified atom stereocenters. The Morgan fingerprint density at radius 3 is 2.66 bits per heavy atom. The maximum absolute atomic E-state index is 13.2. The number of furan rings is 1. The van der Waals surface area contributed by atoms with E-state index in [4.69, 9.17) is 13.9 Å². The number of nitrogens with zero attached hydrogens (tertiary/aromatic N) is 2. The Balaban J connectivity index is 1.87. The molecule has 0 saturated carbocycles. The summed E-state index contributed by atoms with van der Waals surface area (Å²) < 4.78 is 16.2. The van der Waals surface area contributed by atoms with Crippen LogP contribution in [0.15, 0.2) is 46.4 Å². The number of carbonyl (C=O) groups excluding carboxylic acids is 3. The minimum Gasteiger partial charge on any atom is -0.507 e. The van der Waals surface area contributed by atoms with E-state index in [1.54, 1.807) is 50.2 Å². The number of aryl methyl sites for hydroxylation is 2. The Bertz CT molecular complexity index is 1340. The largest absolute Gasteiger partial charge is 0.507 e. The van der Waals surface area contributed by atoms with Gasteiger partial charge in [0.25, 0.3) is 5.78 Å². The molecule has 1 aliphatic rings. The number of Topliss-reactive ketones (excluding diaryl/α,β-unsaturated/α-hetero) is 1. The molecule has 1 fully saturated rings. The normalized spacial score (nSPS) is 17.1. The highest BCUT2D eigenvalue weighted by molar-refractivity contribution is 7.17. The number of ketones is 1. The van der Waals surface area contributed by atoms with Gasteiger partial charge in [-0.15, -0.1) is 0 Å². The molecule has 1 aliphatic heterocycles. The van der Waals surface area contributed by atoms with Crippen molar-refractivity contribution in [3.05, 3.63) is 69.6 Å². The van der Waals surface area contributed by atoms with E-state index in [1.165, 1.54) is 7.11 Å². The number of amides is 1. The van der Waals surface area contributed by atoms with Crippen molar-refractivity contribution in [2.24, 2.45) is 0 Å². The average Bonchev–Trinajstić information content (AvgIpc) is 3.52. The smallest absolute Gasteiger partial charge is 0.350 e. The molecule has 0 aliphatic carbocycles. The van der Waals surface area contributed by atoms with Crippen molar-refractivity contribution in [1.29, 1.82) is 0 Å². The summed E-state index contributed by atoms with van der Waals surface area (Å²) in [4.78, 5) is 44.3. The summed E-state index contributed by atoms with van der Waals surface area (Å²) >= 11 is 0.923. The molecule has 1 atom stereocenters. The van der Waals surface area contributed by atoms with Gasteiger partial charge in [0.2, 0.25) is 0 Å².